The van der Waals surface area contributed by atoms with E-state index in [1.807, 2.05) is 18.2 Å². The molecule has 3 fully saturated rings. The second kappa shape index (κ2) is 18.4. The van der Waals surface area contributed by atoms with E-state index < -0.39 is 42.3 Å². The number of amides is 5. The summed E-state index contributed by atoms with van der Waals surface area (Å²) in [5.74, 6) is -1.87. The van der Waals surface area contributed by atoms with Crippen molar-refractivity contribution < 1.29 is 37.9 Å². The summed E-state index contributed by atoms with van der Waals surface area (Å²) in [6.07, 6.45) is 11.7. The van der Waals surface area contributed by atoms with Crippen LogP contribution in [-0.2, 0) is 34.5 Å². The quantitative estimate of drug-likeness (QED) is 0.133. The minimum absolute atomic E-state index is 0.0672. The van der Waals surface area contributed by atoms with Gasteiger partial charge in [-0.25, -0.2) is 4.98 Å². The highest BCUT2D eigenvalue weighted by Crippen LogP contribution is 2.45. The number of piperazine rings is 1. The molecule has 6 aliphatic rings. The average Bonchev–Trinajstić information content (AvgIpc) is 3.88. The summed E-state index contributed by atoms with van der Waals surface area (Å²) >= 11 is 1.55. The lowest BCUT2D eigenvalue weighted by molar-refractivity contribution is -0.136. The first-order chi connectivity index (χ1) is 35.4. The van der Waals surface area contributed by atoms with Crippen LogP contribution in [0.25, 0.3) is 11.1 Å². The maximum Gasteiger partial charge on any atom is 0.269 e. The number of aliphatic hydroxyl groups is 1. The summed E-state index contributed by atoms with van der Waals surface area (Å²) in [6, 6.07) is 12.1. The van der Waals surface area contributed by atoms with Gasteiger partial charge in [0.15, 0.2) is 0 Å². The maximum absolute atomic E-state index is 14.5. The number of fused-ring (bicyclic) bond motifs is 4. The number of benzene rings is 1. The molecule has 3 N–H and O–H groups in total. The Bertz CT molecular complexity index is 3100. The Morgan fingerprint density at radius 1 is 0.831 bits per heavy atom. The van der Waals surface area contributed by atoms with Crippen molar-refractivity contribution in [2.75, 3.05) is 66.3 Å². The zero-order valence-corrected chi connectivity index (χ0v) is 40.8. The summed E-state index contributed by atoms with van der Waals surface area (Å²) in [5, 5.41) is 16.9. The number of pyridine rings is 3. The second-order valence-electron chi connectivity index (χ2n) is 20.0. The highest BCUT2D eigenvalue weighted by atomic mass is 32.1. The molecular formula is C53H58N10O7S. The van der Waals surface area contributed by atoms with Gasteiger partial charge in [-0.15, -0.1) is 11.3 Å². The molecule has 0 bridgehead atoms. The van der Waals surface area contributed by atoms with E-state index in [-0.39, 0.29) is 53.3 Å². The summed E-state index contributed by atoms with van der Waals surface area (Å²) in [6.45, 7) is 9.83. The molecule has 1 aromatic carbocycles. The third kappa shape index (κ3) is 8.48. The van der Waals surface area contributed by atoms with Gasteiger partial charge in [-0.1, -0.05) is 0 Å². The lowest BCUT2D eigenvalue weighted by Gasteiger charge is -2.46. The van der Waals surface area contributed by atoms with Crippen LogP contribution in [0.2, 0.25) is 0 Å². The van der Waals surface area contributed by atoms with Crippen LogP contribution in [0.4, 0.5) is 28.7 Å². The number of rotatable bonds is 10. The molecule has 368 valence electrons. The predicted molar refractivity (Wildman–Crippen MR) is 270 cm³/mol. The van der Waals surface area contributed by atoms with Crippen molar-refractivity contribution in [1.29, 1.82) is 0 Å². The number of aromatic nitrogens is 3. The van der Waals surface area contributed by atoms with E-state index in [0.717, 1.165) is 93.1 Å². The Labute approximate surface area is 420 Å². The number of anilines is 5. The Morgan fingerprint density at radius 2 is 1.63 bits per heavy atom. The Morgan fingerprint density at radius 3 is 2.39 bits per heavy atom. The van der Waals surface area contributed by atoms with Crippen molar-refractivity contribution in [2.45, 2.75) is 102 Å². The van der Waals surface area contributed by atoms with Crippen molar-refractivity contribution in [2.24, 2.45) is 0 Å². The number of ether oxygens (including phenoxy) is 1. The molecule has 0 spiro atoms. The molecule has 1 aliphatic carbocycles. The van der Waals surface area contributed by atoms with Crippen LogP contribution < -0.4 is 30.1 Å². The first-order valence-electron chi connectivity index (χ1n) is 26.1. The molecule has 3 saturated heterocycles. The van der Waals surface area contributed by atoms with Crippen LogP contribution in [0.1, 0.15) is 115 Å². The lowest BCUT2D eigenvalue weighted by Crippen LogP contribution is -2.57. The SMILES string of the molecule is [2H]C([2H])([2H])Oc1nc(N2CCc3c(sc4c3CCCC4)C2=O)c(-c2ccncc2C(C)(C)O)cc1Nc1ccc(N2CCN(C3CCN(c4ccc5c(c4)C(=O)N(C4CCC(=O)NC4=O)C5=O)CC3)C[C@@H]2C)cn1. The fraction of sp³-hybridized carbons (Fsp3) is 0.434. The standard InChI is InChI=1S/C53H58N10O7S/c1-30-29-60(31-16-20-59(21-17-31)32-9-11-37-39(25-32)51(67)63(50(37)66)42-12-14-45(64)57-48(42)65)23-24-61(30)33-10-13-44(55-27-33)56-41-26-38(34-15-19-54-28-40(34)53(2,3)69)47(58-49(41)70-4)62-22-18-36-35-7-5-6-8-43(35)71-46(36)52(62)68/h9-11,13,15,19,25-28,30-31,42,69H,5-8,12,14,16-18,20-24,29H2,1-4H3,(H,55,56)(H,57,64,65)/t30-,42?/m0/s1/i4D3. The van der Waals surface area contributed by atoms with E-state index in [0.29, 0.717) is 46.4 Å². The van der Waals surface area contributed by atoms with Gasteiger partial charge in [0, 0.05) is 91.9 Å². The fourth-order valence-electron chi connectivity index (χ4n) is 11.5. The van der Waals surface area contributed by atoms with Crippen LogP contribution in [0.5, 0.6) is 5.88 Å². The van der Waals surface area contributed by atoms with Gasteiger partial charge in [0.25, 0.3) is 17.7 Å². The topological polar surface area (TPSA) is 194 Å². The van der Waals surface area contributed by atoms with Gasteiger partial charge in [-0.3, -0.25) is 49.0 Å². The number of nitrogens with one attached hydrogen (secondary N) is 2. The first kappa shape index (κ1) is 43.1. The molecule has 2 atom stereocenters. The lowest BCUT2D eigenvalue weighted by atomic mass is 9.90. The van der Waals surface area contributed by atoms with E-state index in [9.17, 15) is 29.1 Å². The molecule has 0 saturated carbocycles. The van der Waals surface area contributed by atoms with Gasteiger partial charge in [-0.2, -0.15) is 4.98 Å². The molecule has 5 aromatic rings. The van der Waals surface area contributed by atoms with Crippen molar-refractivity contribution in [3.8, 4) is 17.0 Å². The molecule has 0 radical (unpaired) electrons. The molecule has 1 unspecified atom stereocenters. The molecule has 18 heteroatoms. The Hall–Kier alpha value is -6.76. The minimum Gasteiger partial charge on any atom is -0.479 e. The number of hydrogen-bond donors (Lipinski definition) is 3. The number of aryl methyl sites for hydroxylation is 1. The average molecular weight is 982 g/mol. The van der Waals surface area contributed by atoms with Crippen LogP contribution in [-0.4, -0.2) is 124 Å². The summed E-state index contributed by atoms with van der Waals surface area (Å²) in [7, 11) is -2.88. The largest absolute Gasteiger partial charge is 0.479 e. The number of thiophene rings is 1. The summed E-state index contributed by atoms with van der Waals surface area (Å²) in [4.78, 5) is 91.2. The fourth-order valence-corrected chi connectivity index (χ4v) is 12.9. The molecule has 5 aliphatic heterocycles. The van der Waals surface area contributed by atoms with Gasteiger partial charge in [0.1, 0.15) is 23.4 Å². The van der Waals surface area contributed by atoms with Crippen molar-refractivity contribution >= 4 is 69.6 Å². The number of methoxy groups -OCH3 is 1. The van der Waals surface area contributed by atoms with Crippen molar-refractivity contribution in [3.63, 3.8) is 0 Å². The molecule has 5 amide bonds. The Balaban J connectivity index is 0.783. The number of carbonyl (C=O) groups is 5. The normalized spacial score (nSPS) is 21.9. The van der Waals surface area contributed by atoms with Crippen LogP contribution in [0.3, 0.4) is 0 Å². The molecular weight excluding hydrogens is 921 g/mol. The van der Waals surface area contributed by atoms with Crippen molar-refractivity contribution in [1.82, 2.24) is 30.1 Å². The molecule has 9 heterocycles. The first-order valence-corrected chi connectivity index (χ1v) is 25.4. The van der Waals surface area contributed by atoms with E-state index >= 15 is 0 Å². The summed E-state index contributed by atoms with van der Waals surface area (Å²) in [5.41, 5.74) is 5.14. The third-order valence-electron chi connectivity index (χ3n) is 15.2. The van der Waals surface area contributed by atoms with Crippen LogP contribution in [0, 0.1) is 0 Å². The third-order valence-corrected chi connectivity index (χ3v) is 16.5. The van der Waals surface area contributed by atoms with Gasteiger partial charge >= 0.3 is 0 Å². The number of hydrogen-bond acceptors (Lipinski definition) is 15. The molecule has 71 heavy (non-hydrogen) atoms. The molecule has 4 aromatic heterocycles. The van der Waals surface area contributed by atoms with Crippen molar-refractivity contribution in [3.05, 3.63) is 98.6 Å². The molecule has 11 rings (SSSR count). The molecule has 17 nitrogen and oxygen atoms in total. The number of nitrogens with zero attached hydrogens (tertiary/aromatic N) is 8. The van der Waals surface area contributed by atoms with E-state index in [4.69, 9.17) is 18.8 Å². The van der Waals surface area contributed by atoms with Gasteiger partial charge in [0.05, 0.1) is 44.6 Å². The zero-order valence-electron chi connectivity index (χ0n) is 43.0. The van der Waals surface area contributed by atoms with Gasteiger partial charge in [0.2, 0.25) is 17.7 Å². The van der Waals surface area contributed by atoms with Crippen LogP contribution in [0.15, 0.2) is 61.1 Å². The smallest absolute Gasteiger partial charge is 0.269 e. The highest BCUT2D eigenvalue weighted by Gasteiger charge is 2.45. The number of imide groups is 2. The van der Waals surface area contributed by atoms with Gasteiger partial charge in [-0.05, 0) is 131 Å². The van der Waals surface area contributed by atoms with E-state index in [1.54, 1.807) is 72.9 Å². The monoisotopic (exact) mass is 981 g/mol. The minimum atomic E-state index is -2.88. The predicted octanol–water partition coefficient (Wildman–Crippen LogP) is 6.24. The number of piperidine rings is 2. The van der Waals surface area contributed by atoms with Gasteiger partial charge < -0.3 is 25.0 Å². The Kier molecular flexibility index (Phi) is 11.2. The second-order valence-corrected chi connectivity index (χ2v) is 21.1. The zero-order chi connectivity index (χ0) is 51.8. The van der Waals surface area contributed by atoms with E-state index in [1.165, 1.54) is 10.4 Å². The highest BCUT2D eigenvalue weighted by molar-refractivity contribution is 7.14. The van der Waals surface area contributed by atoms with E-state index in [2.05, 4.69) is 37.2 Å². The summed E-state index contributed by atoms with van der Waals surface area (Å²) < 4.78 is 30.0. The maximum atomic E-state index is 14.5. The number of carbonyl (C=O) groups excluding carboxylic acids is 5. The van der Waals surface area contributed by atoms with Crippen LogP contribution >= 0.6 is 11.3 Å².